The van der Waals surface area contributed by atoms with Crippen molar-refractivity contribution in [2.75, 3.05) is 25.0 Å². The van der Waals surface area contributed by atoms with Crippen molar-refractivity contribution in [3.05, 3.63) is 42.0 Å². The molecule has 0 amide bonds. The number of likely N-dealkylation sites (N-methyl/N-ethyl adjacent to an activating group) is 1. The van der Waals surface area contributed by atoms with Crippen LogP contribution in [0.15, 0.2) is 36.4 Å². The van der Waals surface area contributed by atoms with Gasteiger partial charge in [-0.1, -0.05) is 18.6 Å². The van der Waals surface area contributed by atoms with Gasteiger partial charge in [-0.05, 0) is 44.2 Å². The molecule has 4 nitrogen and oxygen atoms in total. The van der Waals surface area contributed by atoms with Crippen LogP contribution in [-0.2, 0) is 6.18 Å². The quantitative estimate of drug-likeness (QED) is 0.813. The van der Waals surface area contributed by atoms with Gasteiger partial charge in [-0.3, -0.25) is 4.90 Å². The van der Waals surface area contributed by atoms with Crippen LogP contribution in [0, 0.1) is 0 Å². The molecule has 2 atom stereocenters. The number of aromatic nitrogens is 2. The number of anilines is 1. The van der Waals surface area contributed by atoms with E-state index in [1.807, 2.05) is 6.07 Å². The molecule has 0 aliphatic carbocycles. The SMILES string of the molecule is CN1C2CCCC1CN(c1ccc(-c3cccc(C(F)(F)F)c3)nn1)C2. The Morgan fingerprint density at radius 1 is 1.00 bits per heavy atom. The average Bonchev–Trinajstić information content (AvgIpc) is 2.61. The first-order valence-electron chi connectivity index (χ1n) is 8.90. The minimum atomic E-state index is -4.36. The molecule has 0 spiro atoms. The number of fused-ring (bicyclic) bond motifs is 2. The molecule has 2 aliphatic heterocycles. The van der Waals surface area contributed by atoms with E-state index in [0.717, 1.165) is 31.0 Å². The Morgan fingerprint density at radius 2 is 1.73 bits per heavy atom. The van der Waals surface area contributed by atoms with E-state index >= 15 is 0 Å². The predicted molar refractivity (Wildman–Crippen MR) is 93.9 cm³/mol. The maximum atomic E-state index is 12.9. The number of hydrogen-bond donors (Lipinski definition) is 0. The highest BCUT2D eigenvalue weighted by molar-refractivity contribution is 5.61. The van der Waals surface area contributed by atoms with E-state index in [4.69, 9.17) is 0 Å². The summed E-state index contributed by atoms with van der Waals surface area (Å²) in [5, 5.41) is 8.49. The van der Waals surface area contributed by atoms with Crippen LogP contribution in [0.1, 0.15) is 24.8 Å². The summed E-state index contributed by atoms with van der Waals surface area (Å²) < 4.78 is 38.7. The summed E-state index contributed by atoms with van der Waals surface area (Å²) in [6.07, 6.45) is -0.701. The molecule has 7 heteroatoms. The number of halogens is 3. The third kappa shape index (κ3) is 3.28. The minimum Gasteiger partial charge on any atom is -0.352 e. The topological polar surface area (TPSA) is 32.3 Å². The lowest BCUT2D eigenvalue weighted by molar-refractivity contribution is -0.137. The molecule has 3 heterocycles. The zero-order valence-electron chi connectivity index (χ0n) is 14.6. The van der Waals surface area contributed by atoms with Crippen LogP contribution >= 0.6 is 0 Å². The number of alkyl halides is 3. The Hall–Kier alpha value is -2.15. The van der Waals surface area contributed by atoms with Crippen molar-refractivity contribution >= 4 is 5.82 Å². The number of nitrogens with zero attached hydrogens (tertiary/aromatic N) is 4. The Morgan fingerprint density at radius 3 is 2.35 bits per heavy atom. The second kappa shape index (κ2) is 6.54. The Bertz CT molecular complexity index is 761. The van der Waals surface area contributed by atoms with E-state index < -0.39 is 11.7 Å². The van der Waals surface area contributed by atoms with Crippen LogP contribution in [0.25, 0.3) is 11.3 Å². The monoisotopic (exact) mass is 362 g/mol. The lowest BCUT2D eigenvalue weighted by Gasteiger charge is -2.48. The van der Waals surface area contributed by atoms with Crippen molar-refractivity contribution in [3.8, 4) is 11.3 Å². The van der Waals surface area contributed by atoms with E-state index in [1.165, 1.54) is 25.3 Å². The minimum absolute atomic E-state index is 0.425. The van der Waals surface area contributed by atoms with Crippen LogP contribution in [0.2, 0.25) is 0 Å². The Kier molecular flexibility index (Phi) is 4.34. The first-order chi connectivity index (χ1) is 12.4. The van der Waals surface area contributed by atoms with Gasteiger partial charge in [-0.15, -0.1) is 10.2 Å². The Balaban J connectivity index is 1.54. The molecule has 1 aromatic heterocycles. The first kappa shape index (κ1) is 17.3. The second-order valence-electron chi connectivity index (χ2n) is 7.16. The van der Waals surface area contributed by atoms with Gasteiger partial charge in [0.2, 0.25) is 0 Å². The van der Waals surface area contributed by atoms with Gasteiger partial charge in [0.25, 0.3) is 0 Å². The second-order valence-corrected chi connectivity index (χ2v) is 7.16. The summed E-state index contributed by atoms with van der Waals surface area (Å²) in [6.45, 7) is 1.84. The third-order valence-corrected chi connectivity index (χ3v) is 5.55. The fourth-order valence-electron chi connectivity index (χ4n) is 4.01. The summed E-state index contributed by atoms with van der Waals surface area (Å²) in [5.74, 6) is 0.797. The molecule has 2 saturated heterocycles. The van der Waals surface area contributed by atoms with Crippen molar-refractivity contribution in [2.24, 2.45) is 0 Å². The summed E-state index contributed by atoms with van der Waals surface area (Å²) in [7, 11) is 2.19. The standard InChI is InChI=1S/C19H21F3N4/c1-25-15-6-3-7-16(25)12-26(11-15)18-9-8-17(23-24-18)13-4-2-5-14(10-13)19(20,21)22/h2,4-5,8-10,15-16H,3,6-7,11-12H2,1H3. The molecule has 0 saturated carbocycles. The molecule has 26 heavy (non-hydrogen) atoms. The molecule has 2 bridgehead atoms. The van der Waals surface area contributed by atoms with Gasteiger partial charge in [0.1, 0.15) is 0 Å². The first-order valence-corrected chi connectivity index (χ1v) is 8.90. The predicted octanol–water partition coefficient (Wildman–Crippen LogP) is 3.84. The normalized spacial score (nSPS) is 23.9. The van der Waals surface area contributed by atoms with Crippen molar-refractivity contribution in [1.29, 1.82) is 0 Å². The van der Waals surface area contributed by atoms with Crippen LogP contribution in [0.5, 0.6) is 0 Å². The van der Waals surface area contributed by atoms with Gasteiger partial charge in [0.15, 0.2) is 5.82 Å². The summed E-state index contributed by atoms with van der Waals surface area (Å²) in [6, 6.07) is 9.89. The Labute approximate surface area is 150 Å². The molecule has 0 N–H and O–H groups in total. The van der Waals surface area contributed by atoms with Gasteiger partial charge < -0.3 is 4.90 Å². The molecule has 4 rings (SSSR count). The number of piperazine rings is 1. The summed E-state index contributed by atoms with van der Waals surface area (Å²) in [4.78, 5) is 4.71. The molecule has 0 radical (unpaired) electrons. The fourth-order valence-corrected chi connectivity index (χ4v) is 4.01. The summed E-state index contributed by atoms with van der Waals surface area (Å²) >= 11 is 0. The molecular weight excluding hydrogens is 341 g/mol. The molecular formula is C19H21F3N4. The molecule has 138 valence electrons. The smallest absolute Gasteiger partial charge is 0.352 e. The highest BCUT2D eigenvalue weighted by atomic mass is 19.4. The van der Waals surface area contributed by atoms with Crippen LogP contribution in [0.3, 0.4) is 0 Å². The molecule has 1 aromatic carbocycles. The summed E-state index contributed by atoms with van der Waals surface area (Å²) in [5.41, 5.74) is 0.205. The van der Waals surface area contributed by atoms with Gasteiger partial charge in [-0.25, -0.2) is 0 Å². The largest absolute Gasteiger partial charge is 0.416 e. The van der Waals surface area contributed by atoms with Crippen molar-refractivity contribution in [3.63, 3.8) is 0 Å². The van der Waals surface area contributed by atoms with Gasteiger partial charge in [-0.2, -0.15) is 13.2 Å². The van der Waals surface area contributed by atoms with Crippen molar-refractivity contribution < 1.29 is 13.2 Å². The van der Waals surface area contributed by atoms with Gasteiger partial charge in [0, 0.05) is 30.7 Å². The van der Waals surface area contributed by atoms with Crippen molar-refractivity contribution in [2.45, 2.75) is 37.5 Å². The van der Waals surface area contributed by atoms with Crippen LogP contribution < -0.4 is 4.90 Å². The highest BCUT2D eigenvalue weighted by Gasteiger charge is 2.35. The number of piperidine rings is 1. The van der Waals surface area contributed by atoms with E-state index in [9.17, 15) is 13.2 Å². The number of hydrogen-bond acceptors (Lipinski definition) is 4. The van der Waals surface area contributed by atoms with E-state index in [2.05, 4.69) is 27.0 Å². The maximum Gasteiger partial charge on any atom is 0.416 e. The van der Waals surface area contributed by atoms with E-state index in [-0.39, 0.29) is 0 Å². The highest BCUT2D eigenvalue weighted by Crippen LogP contribution is 2.32. The van der Waals surface area contributed by atoms with Crippen LogP contribution in [0.4, 0.5) is 19.0 Å². The molecule has 2 aliphatic rings. The zero-order chi connectivity index (χ0) is 18.3. The molecule has 2 aromatic rings. The maximum absolute atomic E-state index is 12.9. The van der Waals surface area contributed by atoms with Gasteiger partial charge >= 0.3 is 6.18 Å². The fraction of sp³-hybridized carbons (Fsp3) is 0.474. The van der Waals surface area contributed by atoms with Crippen molar-refractivity contribution in [1.82, 2.24) is 15.1 Å². The third-order valence-electron chi connectivity index (χ3n) is 5.55. The number of benzene rings is 1. The molecule has 2 unspecified atom stereocenters. The van der Waals surface area contributed by atoms with E-state index in [0.29, 0.717) is 23.3 Å². The van der Waals surface area contributed by atoms with Gasteiger partial charge in [0.05, 0.1) is 11.3 Å². The molecule has 2 fully saturated rings. The number of rotatable bonds is 2. The van der Waals surface area contributed by atoms with Crippen LogP contribution in [-0.4, -0.2) is 47.3 Å². The van der Waals surface area contributed by atoms with E-state index in [1.54, 1.807) is 12.1 Å². The average molecular weight is 362 g/mol. The lowest BCUT2D eigenvalue weighted by atomic mass is 9.92. The zero-order valence-corrected chi connectivity index (χ0v) is 14.6. The lowest BCUT2D eigenvalue weighted by Crippen LogP contribution is -2.59.